The molecule has 0 aliphatic carbocycles. The molecule has 0 bridgehead atoms. The summed E-state index contributed by atoms with van der Waals surface area (Å²) in [5, 5.41) is 6.52. The number of nitrogens with one attached hydrogen (secondary N) is 1. The molecule has 0 atom stereocenters. The first-order valence-corrected chi connectivity index (χ1v) is 6.30. The van der Waals surface area contributed by atoms with E-state index in [4.69, 9.17) is 11.6 Å². The number of anilines is 1. The molecule has 112 valence electrons. The van der Waals surface area contributed by atoms with Gasteiger partial charge in [0.15, 0.2) is 5.69 Å². The number of hydrogen-bond acceptors (Lipinski definition) is 3. The third-order valence-electron chi connectivity index (χ3n) is 2.60. The van der Waals surface area contributed by atoms with E-state index in [1.54, 1.807) is 20.0 Å². The normalized spacial score (nSPS) is 10.8. The Kier molecular flexibility index (Phi) is 4.42. The first kappa shape index (κ1) is 15.2. The van der Waals surface area contributed by atoms with Crippen LogP contribution in [0.3, 0.4) is 0 Å². The SMILES string of the molecule is Cc1ccc(NC(=O)c2nn(C)cc2Cl)c(OC(F)F)c1. The summed E-state index contributed by atoms with van der Waals surface area (Å²) in [6, 6.07) is 4.54. The Morgan fingerprint density at radius 1 is 1.48 bits per heavy atom. The van der Waals surface area contributed by atoms with Crippen molar-refractivity contribution in [2.24, 2.45) is 7.05 Å². The predicted molar refractivity (Wildman–Crippen MR) is 74.0 cm³/mol. The molecule has 21 heavy (non-hydrogen) atoms. The van der Waals surface area contributed by atoms with Crippen LogP contribution in [-0.2, 0) is 7.05 Å². The molecule has 1 aromatic heterocycles. The van der Waals surface area contributed by atoms with Crippen LogP contribution in [0.5, 0.6) is 5.75 Å². The van der Waals surface area contributed by atoms with Gasteiger partial charge in [0.2, 0.25) is 0 Å². The van der Waals surface area contributed by atoms with E-state index < -0.39 is 12.5 Å². The van der Waals surface area contributed by atoms with Crippen molar-refractivity contribution in [3.63, 3.8) is 0 Å². The van der Waals surface area contributed by atoms with Crippen molar-refractivity contribution < 1.29 is 18.3 Å². The lowest BCUT2D eigenvalue weighted by Crippen LogP contribution is -2.15. The van der Waals surface area contributed by atoms with Crippen LogP contribution in [0, 0.1) is 6.92 Å². The first-order valence-electron chi connectivity index (χ1n) is 5.93. The van der Waals surface area contributed by atoms with Gasteiger partial charge in [0, 0.05) is 13.2 Å². The van der Waals surface area contributed by atoms with Gasteiger partial charge in [-0.15, -0.1) is 0 Å². The van der Waals surface area contributed by atoms with E-state index in [-0.39, 0.29) is 22.2 Å². The number of aryl methyl sites for hydroxylation is 2. The molecule has 0 fully saturated rings. The number of hydrogen-bond donors (Lipinski definition) is 1. The van der Waals surface area contributed by atoms with Gasteiger partial charge in [-0.25, -0.2) is 0 Å². The van der Waals surface area contributed by atoms with Gasteiger partial charge in [-0.1, -0.05) is 17.7 Å². The number of ether oxygens (including phenoxy) is 1. The van der Waals surface area contributed by atoms with Crippen LogP contribution in [0.2, 0.25) is 5.02 Å². The summed E-state index contributed by atoms with van der Waals surface area (Å²) < 4.78 is 30.5. The van der Waals surface area contributed by atoms with Crippen LogP contribution >= 0.6 is 11.6 Å². The summed E-state index contributed by atoms with van der Waals surface area (Å²) in [5.41, 5.74) is 0.842. The molecule has 5 nitrogen and oxygen atoms in total. The second-order valence-corrected chi connectivity index (χ2v) is 4.74. The zero-order chi connectivity index (χ0) is 15.6. The van der Waals surface area contributed by atoms with Gasteiger partial charge >= 0.3 is 6.61 Å². The Hall–Kier alpha value is -2.15. The Labute approximate surface area is 124 Å². The predicted octanol–water partition coefficient (Wildman–Crippen LogP) is 3.24. The third kappa shape index (κ3) is 3.69. The standard InChI is InChI=1S/C13H12ClF2N3O2/c1-7-3-4-9(10(5-7)21-13(15)16)17-12(20)11-8(14)6-19(2)18-11/h3-6,13H,1-2H3,(H,17,20). The average molecular weight is 316 g/mol. The van der Waals surface area contributed by atoms with Crippen LogP contribution in [-0.4, -0.2) is 22.3 Å². The highest BCUT2D eigenvalue weighted by Crippen LogP contribution is 2.28. The van der Waals surface area contributed by atoms with E-state index in [2.05, 4.69) is 15.2 Å². The van der Waals surface area contributed by atoms with Crippen LogP contribution in [0.1, 0.15) is 16.1 Å². The average Bonchev–Trinajstić information content (AvgIpc) is 2.71. The van der Waals surface area contributed by atoms with Crippen LogP contribution in [0.15, 0.2) is 24.4 Å². The fraction of sp³-hybridized carbons (Fsp3) is 0.231. The van der Waals surface area contributed by atoms with E-state index in [9.17, 15) is 13.6 Å². The summed E-state index contributed by atoms with van der Waals surface area (Å²) in [5.74, 6) is -0.728. The fourth-order valence-electron chi connectivity index (χ4n) is 1.72. The largest absolute Gasteiger partial charge is 0.433 e. The second-order valence-electron chi connectivity index (χ2n) is 4.33. The quantitative estimate of drug-likeness (QED) is 0.942. The summed E-state index contributed by atoms with van der Waals surface area (Å²) >= 11 is 5.86. The van der Waals surface area contributed by atoms with Crippen molar-refractivity contribution in [1.82, 2.24) is 9.78 Å². The minimum Gasteiger partial charge on any atom is -0.433 e. The molecule has 1 N–H and O–H groups in total. The maximum atomic E-state index is 12.4. The smallest absolute Gasteiger partial charge is 0.387 e. The highest BCUT2D eigenvalue weighted by atomic mass is 35.5. The molecular formula is C13H12ClF2N3O2. The molecule has 0 spiro atoms. The third-order valence-corrected chi connectivity index (χ3v) is 2.88. The Bertz CT molecular complexity index is 673. The first-order chi connectivity index (χ1) is 9.86. The number of alkyl halides is 2. The van der Waals surface area contributed by atoms with Crippen molar-refractivity contribution in [2.45, 2.75) is 13.5 Å². The summed E-state index contributed by atoms with van der Waals surface area (Å²) in [4.78, 5) is 12.1. The van der Waals surface area contributed by atoms with Gasteiger partial charge in [0.25, 0.3) is 5.91 Å². The molecule has 0 radical (unpaired) electrons. The van der Waals surface area contributed by atoms with Crippen molar-refractivity contribution in [2.75, 3.05) is 5.32 Å². The van der Waals surface area contributed by atoms with E-state index in [0.29, 0.717) is 0 Å². The summed E-state index contributed by atoms with van der Waals surface area (Å²) in [7, 11) is 1.61. The van der Waals surface area contributed by atoms with Crippen molar-refractivity contribution in [3.8, 4) is 5.75 Å². The number of halogens is 3. The lowest BCUT2D eigenvalue weighted by molar-refractivity contribution is -0.0494. The maximum absolute atomic E-state index is 12.4. The number of carbonyl (C=O) groups excluding carboxylic acids is 1. The van der Waals surface area contributed by atoms with Crippen molar-refractivity contribution in [1.29, 1.82) is 0 Å². The molecule has 1 amide bonds. The molecule has 0 aliphatic rings. The van der Waals surface area contributed by atoms with Crippen LogP contribution in [0.4, 0.5) is 14.5 Å². The van der Waals surface area contributed by atoms with E-state index in [1.807, 2.05) is 0 Å². The lowest BCUT2D eigenvalue weighted by Gasteiger charge is -2.12. The molecule has 0 aliphatic heterocycles. The van der Waals surface area contributed by atoms with Gasteiger partial charge < -0.3 is 10.1 Å². The maximum Gasteiger partial charge on any atom is 0.387 e. The topological polar surface area (TPSA) is 56.2 Å². The Morgan fingerprint density at radius 3 is 2.76 bits per heavy atom. The number of aromatic nitrogens is 2. The lowest BCUT2D eigenvalue weighted by atomic mass is 10.2. The number of carbonyl (C=O) groups is 1. The van der Waals surface area contributed by atoms with Gasteiger partial charge in [-0.3, -0.25) is 9.48 Å². The van der Waals surface area contributed by atoms with Gasteiger partial charge in [0.05, 0.1) is 10.7 Å². The van der Waals surface area contributed by atoms with Crippen LogP contribution < -0.4 is 10.1 Å². The molecule has 0 saturated carbocycles. The van der Waals surface area contributed by atoms with Gasteiger partial charge in [-0.05, 0) is 24.6 Å². The van der Waals surface area contributed by atoms with Crippen molar-refractivity contribution in [3.05, 3.63) is 40.7 Å². The van der Waals surface area contributed by atoms with Gasteiger partial charge in [-0.2, -0.15) is 13.9 Å². The Morgan fingerprint density at radius 2 is 2.19 bits per heavy atom. The molecule has 1 heterocycles. The van der Waals surface area contributed by atoms with E-state index in [1.165, 1.54) is 23.0 Å². The molecule has 2 rings (SSSR count). The van der Waals surface area contributed by atoms with E-state index in [0.717, 1.165) is 5.56 Å². The molecule has 0 saturated heterocycles. The molecule has 8 heteroatoms. The summed E-state index contributed by atoms with van der Waals surface area (Å²) in [6.45, 7) is -1.26. The fourth-order valence-corrected chi connectivity index (χ4v) is 1.99. The zero-order valence-corrected chi connectivity index (χ0v) is 12.0. The van der Waals surface area contributed by atoms with Crippen molar-refractivity contribution >= 4 is 23.2 Å². The number of rotatable bonds is 4. The zero-order valence-electron chi connectivity index (χ0n) is 11.2. The van der Waals surface area contributed by atoms with Crippen LogP contribution in [0.25, 0.3) is 0 Å². The monoisotopic (exact) mass is 315 g/mol. The Balaban J connectivity index is 2.26. The number of nitrogens with zero attached hydrogens (tertiary/aromatic N) is 2. The number of amides is 1. The molecule has 0 unspecified atom stereocenters. The number of benzene rings is 1. The summed E-state index contributed by atoms with van der Waals surface area (Å²) in [6.07, 6.45) is 1.46. The van der Waals surface area contributed by atoms with E-state index >= 15 is 0 Å². The highest BCUT2D eigenvalue weighted by Gasteiger charge is 2.18. The molecule has 1 aromatic carbocycles. The minimum atomic E-state index is -2.99. The minimum absolute atomic E-state index is 0.00254. The molecule has 2 aromatic rings. The molecular weight excluding hydrogens is 304 g/mol. The van der Waals surface area contributed by atoms with Gasteiger partial charge in [0.1, 0.15) is 5.75 Å². The highest BCUT2D eigenvalue weighted by molar-refractivity contribution is 6.34. The second kappa shape index (κ2) is 6.09.